The number of ether oxygens (including phenoxy) is 2. The van der Waals surface area contributed by atoms with Gasteiger partial charge in [-0.3, -0.25) is 18.6 Å². The number of carbonyl (C=O) groups is 2. The second kappa shape index (κ2) is 19.4. The second-order valence-electron chi connectivity index (χ2n) is 7.62. The van der Waals surface area contributed by atoms with Crippen molar-refractivity contribution in [2.24, 2.45) is 0 Å². The van der Waals surface area contributed by atoms with Crippen molar-refractivity contribution in [2.45, 2.75) is 96.7 Å². The van der Waals surface area contributed by atoms with E-state index in [9.17, 15) is 29.3 Å². The lowest BCUT2D eigenvalue weighted by molar-refractivity contribution is -0.153. The SMILES string of the molecule is CCCCCCCCC(=O)OC(CO)COP(=O)(O)OCC(CO)OC(=O)CCCCC. The van der Waals surface area contributed by atoms with Gasteiger partial charge in [-0.1, -0.05) is 58.8 Å². The summed E-state index contributed by atoms with van der Waals surface area (Å²) >= 11 is 0. The molecule has 0 rings (SSSR count). The predicted octanol–water partition coefficient (Wildman–Crippen LogP) is 3.26. The Hall–Kier alpha value is -1.03. The van der Waals surface area contributed by atoms with Crippen LogP contribution in [0.15, 0.2) is 0 Å². The number of hydrogen-bond acceptors (Lipinski definition) is 9. The molecule has 0 heterocycles. The largest absolute Gasteiger partial charge is 0.472 e. The Bertz CT molecular complexity index is 543. The Morgan fingerprint density at radius 2 is 1.09 bits per heavy atom. The van der Waals surface area contributed by atoms with Crippen LogP contribution in [0.3, 0.4) is 0 Å². The molecule has 0 fully saturated rings. The van der Waals surface area contributed by atoms with E-state index < -0.39 is 58.4 Å². The summed E-state index contributed by atoms with van der Waals surface area (Å²) in [5.41, 5.74) is 0. The summed E-state index contributed by atoms with van der Waals surface area (Å²) in [5, 5.41) is 18.6. The number of phosphoric ester groups is 1. The highest BCUT2D eigenvalue weighted by molar-refractivity contribution is 7.47. The molecule has 0 aromatic rings. The zero-order valence-electron chi connectivity index (χ0n) is 19.4. The maximum Gasteiger partial charge on any atom is 0.472 e. The molecule has 0 bridgehead atoms. The quantitative estimate of drug-likeness (QED) is 0.126. The van der Waals surface area contributed by atoms with Crippen LogP contribution in [-0.4, -0.2) is 65.7 Å². The van der Waals surface area contributed by atoms with E-state index in [1.165, 1.54) is 0 Å². The first kappa shape index (κ1) is 31.0. The molecule has 0 spiro atoms. The van der Waals surface area contributed by atoms with Crippen LogP contribution in [0.4, 0.5) is 0 Å². The van der Waals surface area contributed by atoms with Gasteiger partial charge in [-0.2, -0.15) is 0 Å². The van der Waals surface area contributed by atoms with Crippen molar-refractivity contribution in [3.8, 4) is 0 Å². The summed E-state index contributed by atoms with van der Waals surface area (Å²) in [6, 6.07) is 0. The number of unbranched alkanes of at least 4 members (excludes halogenated alkanes) is 7. The van der Waals surface area contributed by atoms with Crippen molar-refractivity contribution < 1.29 is 47.8 Å². The molecule has 32 heavy (non-hydrogen) atoms. The lowest BCUT2D eigenvalue weighted by Gasteiger charge is -2.20. The van der Waals surface area contributed by atoms with Gasteiger partial charge in [-0.05, 0) is 12.8 Å². The standard InChI is InChI=1S/C21H41O10P/c1-3-5-7-8-9-11-13-21(25)31-19(15-23)17-29-32(26,27)28-16-18(14-22)30-20(24)12-10-6-4-2/h18-19,22-23H,3-17H2,1-2H3,(H,26,27). The first-order chi connectivity index (χ1) is 15.3. The number of hydrogen-bond donors (Lipinski definition) is 3. The number of carbonyl (C=O) groups excluding carboxylic acids is 2. The Kier molecular flexibility index (Phi) is 18.8. The minimum Gasteiger partial charge on any atom is -0.457 e. The Labute approximate surface area is 191 Å². The fourth-order valence-corrected chi connectivity index (χ4v) is 3.48. The average molecular weight is 485 g/mol. The van der Waals surface area contributed by atoms with E-state index in [4.69, 9.17) is 18.5 Å². The topological polar surface area (TPSA) is 149 Å². The minimum atomic E-state index is -4.58. The molecule has 3 N–H and O–H groups in total. The lowest BCUT2D eigenvalue weighted by atomic mass is 10.1. The molecule has 0 saturated carbocycles. The van der Waals surface area contributed by atoms with Crippen LogP contribution < -0.4 is 0 Å². The number of esters is 2. The molecule has 11 heteroatoms. The van der Waals surface area contributed by atoms with E-state index in [2.05, 4.69) is 6.92 Å². The normalized spacial score (nSPS) is 15.0. The highest BCUT2D eigenvalue weighted by Gasteiger charge is 2.27. The fourth-order valence-electron chi connectivity index (χ4n) is 2.70. The molecule has 0 aliphatic rings. The molecule has 0 saturated heterocycles. The van der Waals surface area contributed by atoms with E-state index in [1.54, 1.807) is 0 Å². The second-order valence-corrected chi connectivity index (χ2v) is 9.08. The van der Waals surface area contributed by atoms with Crippen LogP contribution in [-0.2, 0) is 32.7 Å². The molecule has 0 amide bonds. The molecule has 10 nitrogen and oxygen atoms in total. The van der Waals surface area contributed by atoms with Crippen LogP contribution in [0.25, 0.3) is 0 Å². The number of rotatable bonds is 21. The molecular formula is C21H41O10P. The zero-order chi connectivity index (χ0) is 24.2. The van der Waals surface area contributed by atoms with Crippen molar-refractivity contribution in [1.29, 1.82) is 0 Å². The van der Waals surface area contributed by atoms with Gasteiger partial charge in [0.2, 0.25) is 0 Å². The lowest BCUT2D eigenvalue weighted by Crippen LogP contribution is -2.28. The first-order valence-electron chi connectivity index (χ1n) is 11.5. The van der Waals surface area contributed by atoms with E-state index in [1.807, 2.05) is 6.92 Å². The van der Waals surface area contributed by atoms with Gasteiger partial charge < -0.3 is 24.6 Å². The van der Waals surface area contributed by atoms with Crippen LogP contribution >= 0.6 is 7.82 Å². The maximum absolute atomic E-state index is 12.0. The van der Waals surface area contributed by atoms with Crippen LogP contribution in [0.1, 0.15) is 84.5 Å². The van der Waals surface area contributed by atoms with Crippen molar-refractivity contribution in [2.75, 3.05) is 26.4 Å². The van der Waals surface area contributed by atoms with Gasteiger partial charge in [0.25, 0.3) is 0 Å². The van der Waals surface area contributed by atoms with Crippen molar-refractivity contribution in [1.82, 2.24) is 0 Å². The van der Waals surface area contributed by atoms with Gasteiger partial charge >= 0.3 is 19.8 Å². The average Bonchev–Trinajstić information content (AvgIpc) is 2.76. The minimum absolute atomic E-state index is 0.180. The first-order valence-corrected chi connectivity index (χ1v) is 13.0. The summed E-state index contributed by atoms with van der Waals surface area (Å²) in [6.45, 7) is 1.84. The molecule has 0 radical (unpaired) electrons. The Morgan fingerprint density at radius 1 is 0.719 bits per heavy atom. The fraction of sp³-hybridized carbons (Fsp3) is 0.905. The van der Waals surface area contributed by atoms with Gasteiger partial charge in [0.15, 0.2) is 0 Å². The summed E-state index contributed by atoms with van der Waals surface area (Å²) < 4.78 is 31.6. The monoisotopic (exact) mass is 484 g/mol. The van der Waals surface area contributed by atoms with Gasteiger partial charge in [-0.25, -0.2) is 4.57 Å². The molecule has 0 aromatic carbocycles. The molecule has 0 aliphatic heterocycles. The Balaban J connectivity index is 4.23. The van der Waals surface area contributed by atoms with Gasteiger partial charge in [0.05, 0.1) is 26.4 Å². The third-order valence-corrected chi connectivity index (χ3v) is 5.52. The molecule has 3 unspecified atom stereocenters. The third-order valence-electron chi connectivity index (χ3n) is 4.57. The summed E-state index contributed by atoms with van der Waals surface area (Å²) in [4.78, 5) is 33.3. The predicted molar refractivity (Wildman–Crippen MR) is 118 cm³/mol. The number of aliphatic hydroxyl groups is 2. The van der Waals surface area contributed by atoms with Crippen LogP contribution in [0, 0.1) is 0 Å². The highest BCUT2D eigenvalue weighted by atomic mass is 31.2. The van der Waals surface area contributed by atoms with Gasteiger partial charge in [-0.15, -0.1) is 0 Å². The van der Waals surface area contributed by atoms with E-state index >= 15 is 0 Å². The Morgan fingerprint density at radius 3 is 1.53 bits per heavy atom. The number of aliphatic hydroxyl groups excluding tert-OH is 2. The smallest absolute Gasteiger partial charge is 0.457 e. The summed E-state index contributed by atoms with van der Waals surface area (Å²) in [7, 11) is -4.58. The van der Waals surface area contributed by atoms with Crippen molar-refractivity contribution in [3.05, 3.63) is 0 Å². The molecule has 3 atom stereocenters. The number of phosphoric acid groups is 1. The molecular weight excluding hydrogens is 443 g/mol. The molecule has 190 valence electrons. The summed E-state index contributed by atoms with van der Waals surface area (Å²) in [5.74, 6) is -1.06. The van der Waals surface area contributed by atoms with Gasteiger partial charge in [0, 0.05) is 12.8 Å². The van der Waals surface area contributed by atoms with Crippen LogP contribution in [0.5, 0.6) is 0 Å². The van der Waals surface area contributed by atoms with Crippen molar-refractivity contribution >= 4 is 19.8 Å². The van der Waals surface area contributed by atoms with Gasteiger partial charge in [0.1, 0.15) is 12.2 Å². The van der Waals surface area contributed by atoms with E-state index in [-0.39, 0.29) is 12.8 Å². The van der Waals surface area contributed by atoms with E-state index in [0.717, 1.165) is 44.9 Å². The zero-order valence-corrected chi connectivity index (χ0v) is 20.3. The van der Waals surface area contributed by atoms with E-state index in [0.29, 0.717) is 12.8 Å². The van der Waals surface area contributed by atoms with Crippen LogP contribution in [0.2, 0.25) is 0 Å². The molecule has 0 aromatic heterocycles. The van der Waals surface area contributed by atoms with Crippen molar-refractivity contribution in [3.63, 3.8) is 0 Å². The highest BCUT2D eigenvalue weighted by Crippen LogP contribution is 2.43. The maximum atomic E-state index is 12.0. The molecule has 0 aliphatic carbocycles. The summed E-state index contributed by atoms with van der Waals surface area (Å²) in [6.07, 6.45) is 6.65. The third kappa shape index (κ3) is 17.5.